The molecule has 0 aromatic heterocycles. The molecule has 0 radical (unpaired) electrons. The zero-order chi connectivity index (χ0) is 11.0. The maximum Gasteiger partial charge on any atom is 0.217 e. The van der Waals surface area contributed by atoms with Gasteiger partial charge in [-0.05, 0) is 33.7 Å². The smallest absolute Gasteiger partial charge is 0.217 e. The molecule has 0 atom stereocenters. The van der Waals surface area contributed by atoms with Crippen molar-refractivity contribution in [2.75, 3.05) is 19.7 Å². The first-order valence-corrected chi connectivity index (χ1v) is 5.05. The van der Waals surface area contributed by atoms with Gasteiger partial charge in [0, 0.05) is 13.0 Å². The maximum absolute atomic E-state index is 10.4. The molecule has 14 heavy (non-hydrogen) atoms. The lowest BCUT2D eigenvalue weighted by Gasteiger charge is -2.19. The summed E-state index contributed by atoms with van der Waals surface area (Å²) in [4.78, 5) is 10.4. The van der Waals surface area contributed by atoms with E-state index in [9.17, 15) is 4.79 Å². The highest BCUT2D eigenvalue weighted by Crippen LogP contribution is 2.04. The van der Waals surface area contributed by atoms with Gasteiger partial charge in [-0.2, -0.15) is 0 Å². The average Bonchev–Trinajstić information content (AvgIpc) is 2.00. The Morgan fingerprint density at radius 1 is 1.36 bits per heavy atom. The molecule has 0 saturated carbocycles. The second-order valence-corrected chi connectivity index (χ2v) is 4.28. The maximum atomic E-state index is 10.4. The second kappa shape index (κ2) is 6.79. The van der Waals surface area contributed by atoms with Crippen molar-refractivity contribution in [3.63, 3.8) is 0 Å². The zero-order valence-electron chi connectivity index (χ0n) is 9.43. The number of hydrogen-bond donors (Lipinski definition) is 2. The summed E-state index contributed by atoms with van der Waals surface area (Å²) in [6.07, 6.45) is 1.25. The molecule has 0 fully saturated rings. The van der Waals surface area contributed by atoms with Gasteiger partial charge in [-0.1, -0.05) is 0 Å². The first kappa shape index (κ1) is 13.4. The first-order valence-electron chi connectivity index (χ1n) is 5.05. The minimum atomic E-state index is -0.238. The van der Waals surface area contributed by atoms with E-state index in [2.05, 4.69) is 5.32 Å². The second-order valence-electron chi connectivity index (χ2n) is 4.28. The van der Waals surface area contributed by atoms with Crippen LogP contribution in [0.5, 0.6) is 0 Å². The van der Waals surface area contributed by atoms with Gasteiger partial charge in [0.25, 0.3) is 0 Å². The molecule has 0 bridgehead atoms. The van der Waals surface area contributed by atoms with Crippen LogP contribution in [0.25, 0.3) is 0 Å². The molecule has 0 heterocycles. The number of amides is 1. The third kappa shape index (κ3) is 11.4. The normalized spacial score (nSPS) is 11.6. The van der Waals surface area contributed by atoms with E-state index in [1.807, 2.05) is 20.8 Å². The van der Waals surface area contributed by atoms with E-state index in [1.165, 1.54) is 0 Å². The monoisotopic (exact) mass is 202 g/mol. The molecule has 3 N–H and O–H groups in total. The highest BCUT2D eigenvalue weighted by Gasteiger charge is 2.08. The Labute approximate surface area is 86.2 Å². The average molecular weight is 202 g/mol. The number of primary amides is 1. The molecule has 0 spiro atoms. The molecule has 0 aromatic carbocycles. The predicted molar refractivity (Wildman–Crippen MR) is 57.0 cm³/mol. The van der Waals surface area contributed by atoms with E-state index in [0.717, 1.165) is 19.5 Å². The van der Waals surface area contributed by atoms with Crippen LogP contribution in [-0.4, -0.2) is 31.2 Å². The summed E-state index contributed by atoms with van der Waals surface area (Å²) >= 11 is 0. The number of rotatable bonds is 7. The molecule has 0 aliphatic heterocycles. The van der Waals surface area contributed by atoms with E-state index in [1.54, 1.807) is 0 Å². The van der Waals surface area contributed by atoms with Gasteiger partial charge < -0.3 is 15.8 Å². The van der Waals surface area contributed by atoms with Crippen molar-refractivity contribution in [3.8, 4) is 0 Å². The Hall–Kier alpha value is -0.610. The fraction of sp³-hybridized carbons (Fsp3) is 0.900. The lowest BCUT2D eigenvalue weighted by Crippen LogP contribution is -2.27. The van der Waals surface area contributed by atoms with Gasteiger partial charge in [-0.15, -0.1) is 0 Å². The van der Waals surface area contributed by atoms with Crippen molar-refractivity contribution < 1.29 is 9.53 Å². The highest BCUT2D eigenvalue weighted by atomic mass is 16.5. The number of ether oxygens (including phenoxy) is 1. The third-order valence-corrected chi connectivity index (χ3v) is 1.59. The van der Waals surface area contributed by atoms with E-state index >= 15 is 0 Å². The van der Waals surface area contributed by atoms with Crippen LogP contribution >= 0.6 is 0 Å². The van der Waals surface area contributed by atoms with Crippen LogP contribution in [0, 0.1) is 0 Å². The van der Waals surface area contributed by atoms with Crippen molar-refractivity contribution in [3.05, 3.63) is 0 Å². The van der Waals surface area contributed by atoms with Crippen LogP contribution in [0.4, 0.5) is 0 Å². The Morgan fingerprint density at radius 2 is 2.00 bits per heavy atom. The largest absolute Gasteiger partial charge is 0.375 e. The molecule has 4 heteroatoms. The molecular formula is C10H22N2O2. The Balaban J connectivity index is 3.11. The Morgan fingerprint density at radius 3 is 2.50 bits per heavy atom. The molecule has 1 amide bonds. The van der Waals surface area contributed by atoms with Gasteiger partial charge in [-0.3, -0.25) is 4.79 Å². The summed E-state index contributed by atoms with van der Waals surface area (Å²) in [5.74, 6) is -0.238. The third-order valence-electron chi connectivity index (χ3n) is 1.59. The van der Waals surface area contributed by atoms with E-state index in [0.29, 0.717) is 13.0 Å². The number of carbonyl (C=O) groups is 1. The van der Waals surface area contributed by atoms with Crippen molar-refractivity contribution in [1.82, 2.24) is 5.32 Å². The fourth-order valence-corrected chi connectivity index (χ4v) is 0.942. The molecule has 84 valence electrons. The minimum absolute atomic E-state index is 0.0745. The Bertz CT molecular complexity index is 164. The summed E-state index contributed by atoms with van der Waals surface area (Å²) in [5.41, 5.74) is 4.92. The van der Waals surface area contributed by atoms with Crippen LogP contribution in [-0.2, 0) is 9.53 Å². The number of nitrogens with one attached hydrogen (secondary N) is 1. The molecule has 0 aliphatic carbocycles. The van der Waals surface area contributed by atoms with Crippen molar-refractivity contribution in [2.24, 2.45) is 5.73 Å². The van der Waals surface area contributed by atoms with Crippen molar-refractivity contribution >= 4 is 5.91 Å². The van der Waals surface area contributed by atoms with Crippen LogP contribution < -0.4 is 11.1 Å². The number of nitrogens with two attached hydrogens (primary N) is 1. The molecule has 0 unspecified atom stereocenters. The van der Waals surface area contributed by atoms with E-state index < -0.39 is 0 Å². The first-order chi connectivity index (χ1) is 6.42. The zero-order valence-corrected chi connectivity index (χ0v) is 9.43. The summed E-state index contributed by atoms with van der Waals surface area (Å²) < 4.78 is 5.50. The Kier molecular flexibility index (Phi) is 6.49. The van der Waals surface area contributed by atoms with Gasteiger partial charge in [0.1, 0.15) is 0 Å². The lowest BCUT2D eigenvalue weighted by molar-refractivity contribution is -0.118. The summed E-state index contributed by atoms with van der Waals surface area (Å²) in [5, 5.41) is 3.18. The lowest BCUT2D eigenvalue weighted by atomic mass is 10.2. The van der Waals surface area contributed by atoms with E-state index in [-0.39, 0.29) is 11.5 Å². The predicted octanol–water partition coefficient (Wildman–Crippen LogP) is 0.657. The highest BCUT2D eigenvalue weighted by molar-refractivity contribution is 5.73. The number of hydrogen-bond acceptors (Lipinski definition) is 3. The van der Waals surface area contributed by atoms with Crippen LogP contribution in [0.3, 0.4) is 0 Å². The molecule has 0 aromatic rings. The van der Waals surface area contributed by atoms with Gasteiger partial charge in [0.2, 0.25) is 5.91 Å². The fourth-order valence-electron chi connectivity index (χ4n) is 0.942. The van der Waals surface area contributed by atoms with Gasteiger partial charge in [-0.25, -0.2) is 0 Å². The molecular weight excluding hydrogens is 180 g/mol. The standard InChI is InChI=1S/C10H22N2O2/c1-10(2,3)14-8-7-12-6-4-5-9(11)13/h12H,4-8H2,1-3H3,(H2,11,13). The SMILES string of the molecule is CC(C)(C)OCCNCCCC(N)=O. The number of carbonyl (C=O) groups excluding carboxylic acids is 1. The van der Waals surface area contributed by atoms with Crippen LogP contribution in [0.2, 0.25) is 0 Å². The van der Waals surface area contributed by atoms with E-state index in [4.69, 9.17) is 10.5 Å². The van der Waals surface area contributed by atoms with Gasteiger partial charge in [0.15, 0.2) is 0 Å². The van der Waals surface area contributed by atoms with Crippen molar-refractivity contribution in [2.45, 2.75) is 39.2 Å². The summed E-state index contributed by atoms with van der Waals surface area (Å²) in [6.45, 7) is 8.41. The van der Waals surface area contributed by atoms with Crippen LogP contribution in [0.15, 0.2) is 0 Å². The molecule has 0 aliphatic rings. The molecule has 0 rings (SSSR count). The molecule has 0 saturated heterocycles. The van der Waals surface area contributed by atoms with Crippen molar-refractivity contribution in [1.29, 1.82) is 0 Å². The van der Waals surface area contributed by atoms with Gasteiger partial charge in [0.05, 0.1) is 12.2 Å². The minimum Gasteiger partial charge on any atom is -0.375 e. The quantitative estimate of drug-likeness (QED) is 0.596. The summed E-state index contributed by atoms with van der Waals surface area (Å²) in [6, 6.07) is 0. The van der Waals surface area contributed by atoms with Crippen LogP contribution in [0.1, 0.15) is 33.6 Å². The molecule has 4 nitrogen and oxygen atoms in total. The van der Waals surface area contributed by atoms with Gasteiger partial charge >= 0.3 is 0 Å². The summed E-state index contributed by atoms with van der Waals surface area (Å²) in [7, 11) is 0. The topological polar surface area (TPSA) is 64.3 Å².